The number of nitrogen functional groups attached to an aromatic ring is 1. The average molecular weight is 236 g/mol. The van der Waals surface area contributed by atoms with E-state index in [4.69, 9.17) is 10.5 Å². The summed E-state index contributed by atoms with van der Waals surface area (Å²) in [5.41, 5.74) is 6.56. The molecule has 0 bridgehead atoms. The van der Waals surface area contributed by atoms with E-state index in [0.717, 1.165) is 24.8 Å². The van der Waals surface area contributed by atoms with Gasteiger partial charge in [0.1, 0.15) is 12.0 Å². The molecule has 1 atom stereocenters. The third-order valence-corrected chi connectivity index (χ3v) is 3.34. The molecule has 2 rings (SSSR count). The summed E-state index contributed by atoms with van der Waals surface area (Å²) in [5, 5.41) is 0. The summed E-state index contributed by atoms with van der Waals surface area (Å²) in [7, 11) is 1.58. The lowest BCUT2D eigenvalue weighted by Crippen LogP contribution is -2.26. The van der Waals surface area contributed by atoms with Crippen LogP contribution in [0.1, 0.15) is 26.2 Å². The Morgan fingerprint density at radius 1 is 1.35 bits per heavy atom. The van der Waals surface area contributed by atoms with Crippen molar-refractivity contribution in [3.8, 4) is 5.88 Å². The van der Waals surface area contributed by atoms with E-state index in [1.807, 2.05) is 0 Å². The highest BCUT2D eigenvalue weighted by Crippen LogP contribution is 2.29. The lowest BCUT2D eigenvalue weighted by molar-refractivity contribution is 0.399. The number of ether oxygens (including phenoxy) is 1. The number of methoxy groups -OCH3 is 1. The first-order chi connectivity index (χ1) is 8.22. The molecule has 0 amide bonds. The molecule has 0 aliphatic carbocycles. The summed E-state index contributed by atoms with van der Waals surface area (Å²) in [6, 6.07) is 0. The third kappa shape index (κ3) is 2.60. The molecular formula is C12H20N4O. The maximum absolute atomic E-state index is 6.02. The SMILES string of the molecule is COc1ncnc(N2CCCC(C)CC2)c1N. The van der Waals surface area contributed by atoms with Gasteiger partial charge in [0.05, 0.1) is 7.11 Å². The second-order valence-electron chi connectivity index (χ2n) is 4.64. The predicted octanol–water partition coefficient (Wildman–Crippen LogP) is 1.69. The minimum absolute atomic E-state index is 0.465. The standard InChI is InChI=1S/C12H20N4O/c1-9-4-3-6-16(7-5-9)11-10(13)12(17-2)15-8-14-11/h8-9H,3-7,13H2,1-2H3. The quantitative estimate of drug-likeness (QED) is 0.846. The van der Waals surface area contributed by atoms with Gasteiger partial charge < -0.3 is 15.4 Å². The number of nitrogens with zero attached hydrogens (tertiary/aromatic N) is 3. The minimum atomic E-state index is 0.465. The second kappa shape index (κ2) is 5.21. The number of rotatable bonds is 2. The molecule has 17 heavy (non-hydrogen) atoms. The van der Waals surface area contributed by atoms with Crippen LogP contribution in [0.25, 0.3) is 0 Å². The topological polar surface area (TPSA) is 64.3 Å². The van der Waals surface area contributed by atoms with Crippen molar-refractivity contribution in [2.45, 2.75) is 26.2 Å². The molecule has 0 aromatic carbocycles. The Kier molecular flexibility index (Phi) is 3.66. The van der Waals surface area contributed by atoms with Crippen molar-refractivity contribution in [3.05, 3.63) is 6.33 Å². The number of nitrogens with two attached hydrogens (primary N) is 1. The molecule has 94 valence electrons. The Morgan fingerprint density at radius 2 is 2.18 bits per heavy atom. The Hall–Kier alpha value is -1.52. The van der Waals surface area contributed by atoms with Crippen molar-refractivity contribution < 1.29 is 4.74 Å². The van der Waals surface area contributed by atoms with Gasteiger partial charge in [-0.3, -0.25) is 0 Å². The van der Waals surface area contributed by atoms with E-state index in [0.29, 0.717) is 11.6 Å². The van der Waals surface area contributed by atoms with Crippen molar-refractivity contribution in [2.24, 2.45) is 5.92 Å². The Bertz CT molecular complexity index is 383. The van der Waals surface area contributed by atoms with Crippen molar-refractivity contribution in [2.75, 3.05) is 30.8 Å². The van der Waals surface area contributed by atoms with E-state index >= 15 is 0 Å². The fraction of sp³-hybridized carbons (Fsp3) is 0.667. The predicted molar refractivity (Wildman–Crippen MR) is 68.2 cm³/mol. The molecule has 1 fully saturated rings. The summed E-state index contributed by atoms with van der Waals surface area (Å²) < 4.78 is 5.13. The van der Waals surface area contributed by atoms with Crippen molar-refractivity contribution >= 4 is 11.5 Å². The molecule has 2 heterocycles. The lowest BCUT2D eigenvalue weighted by Gasteiger charge is -2.23. The van der Waals surface area contributed by atoms with Gasteiger partial charge >= 0.3 is 0 Å². The Morgan fingerprint density at radius 3 is 2.94 bits per heavy atom. The molecule has 5 heteroatoms. The van der Waals surface area contributed by atoms with Crippen LogP contribution in [0.3, 0.4) is 0 Å². The van der Waals surface area contributed by atoms with Gasteiger partial charge in [0.2, 0.25) is 5.88 Å². The Labute approximate surface area is 102 Å². The van der Waals surface area contributed by atoms with Crippen LogP contribution < -0.4 is 15.4 Å². The van der Waals surface area contributed by atoms with Crippen LogP contribution in [0.15, 0.2) is 6.33 Å². The lowest BCUT2D eigenvalue weighted by atomic mass is 10.0. The van der Waals surface area contributed by atoms with E-state index in [2.05, 4.69) is 21.8 Å². The largest absolute Gasteiger partial charge is 0.479 e. The summed E-state index contributed by atoms with van der Waals surface area (Å²) in [6.07, 6.45) is 5.16. The molecule has 5 nitrogen and oxygen atoms in total. The number of aromatic nitrogens is 2. The highest BCUT2D eigenvalue weighted by Gasteiger charge is 2.19. The van der Waals surface area contributed by atoms with Crippen molar-refractivity contribution in [1.29, 1.82) is 0 Å². The van der Waals surface area contributed by atoms with Crippen LogP contribution in [0.5, 0.6) is 5.88 Å². The zero-order chi connectivity index (χ0) is 12.3. The summed E-state index contributed by atoms with van der Waals surface area (Å²) in [4.78, 5) is 10.5. The number of hydrogen-bond acceptors (Lipinski definition) is 5. The van der Waals surface area contributed by atoms with E-state index in [1.165, 1.54) is 25.6 Å². The van der Waals surface area contributed by atoms with Gasteiger partial charge in [-0.25, -0.2) is 4.98 Å². The molecule has 1 saturated heterocycles. The highest BCUT2D eigenvalue weighted by atomic mass is 16.5. The Balaban J connectivity index is 2.21. The fourth-order valence-electron chi connectivity index (χ4n) is 2.26. The van der Waals surface area contributed by atoms with E-state index in [1.54, 1.807) is 7.11 Å². The molecule has 2 N–H and O–H groups in total. The maximum Gasteiger partial charge on any atom is 0.242 e. The molecular weight excluding hydrogens is 216 g/mol. The smallest absolute Gasteiger partial charge is 0.242 e. The van der Waals surface area contributed by atoms with E-state index < -0.39 is 0 Å². The fourth-order valence-corrected chi connectivity index (χ4v) is 2.26. The molecule has 0 spiro atoms. The average Bonchev–Trinajstić information content (AvgIpc) is 2.54. The van der Waals surface area contributed by atoms with Crippen LogP contribution in [0, 0.1) is 5.92 Å². The third-order valence-electron chi connectivity index (χ3n) is 3.34. The van der Waals surface area contributed by atoms with Gasteiger partial charge in [-0.05, 0) is 25.2 Å². The van der Waals surface area contributed by atoms with Crippen LogP contribution in [0.4, 0.5) is 11.5 Å². The summed E-state index contributed by atoms with van der Waals surface area (Å²) in [5.74, 6) is 2.06. The first kappa shape index (κ1) is 12.0. The summed E-state index contributed by atoms with van der Waals surface area (Å²) >= 11 is 0. The van der Waals surface area contributed by atoms with Gasteiger partial charge in [-0.2, -0.15) is 4.98 Å². The van der Waals surface area contributed by atoms with Crippen LogP contribution in [0.2, 0.25) is 0 Å². The zero-order valence-electron chi connectivity index (χ0n) is 10.5. The normalized spacial score (nSPS) is 21.1. The molecule has 1 aromatic rings. The van der Waals surface area contributed by atoms with Gasteiger partial charge in [0.15, 0.2) is 5.82 Å². The first-order valence-electron chi connectivity index (χ1n) is 6.11. The molecule has 1 aromatic heterocycles. The van der Waals surface area contributed by atoms with Crippen LogP contribution in [-0.4, -0.2) is 30.2 Å². The molecule has 1 aliphatic heterocycles. The molecule has 1 unspecified atom stereocenters. The molecule has 0 saturated carbocycles. The van der Waals surface area contributed by atoms with Crippen molar-refractivity contribution in [1.82, 2.24) is 9.97 Å². The van der Waals surface area contributed by atoms with Gasteiger partial charge in [0, 0.05) is 13.1 Å². The number of hydrogen-bond donors (Lipinski definition) is 1. The van der Waals surface area contributed by atoms with Crippen LogP contribution in [-0.2, 0) is 0 Å². The van der Waals surface area contributed by atoms with Gasteiger partial charge in [0.25, 0.3) is 0 Å². The highest BCUT2D eigenvalue weighted by molar-refractivity contribution is 5.67. The molecule has 1 aliphatic rings. The zero-order valence-corrected chi connectivity index (χ0v) is 10.5. The summed E-state index contributed by atoms with van der Waals surface area (Å²) in [6.45, 7) is 4.31. The first-order valence-corrected chi connectivity index (χ1v) is 6.11. The molecule has 0 radical (unpaired) electrons. The van der Waals surface area contributed by atoms with E-state index in [-0.39, 0.29) is 0 Å². The van der Waals surface area contributed by atoms with Crippen LogP contribution >= 0.6 is 0 Å². The van der Waals surface area contributed by atoms with Crippen molar-refractivity contribution in [3.63, 3.8) is 0 Å². The maximum atomic E-state index is 6.02. The number of anilines is 2. The second-order valence-corrected chi connectivity index (χ2v) is 4.64. The van der Waals surface area contributed by atoms with Gasteiger partial charge in [-0.1, -0.05) is 6.92 Å². The minimum Gasteiger partial charge on any atom is -0.479 e. The van der Waals surface area contributed by atoms with Gasteiger partial charge in [-0.15, -0.1) is 0 Å². The monoisotopic (exact) mass is 236 g/mol. The van der Waals surface area contributed by atoms with E-state index in [9.17, 15) is 0 Å².